The van der Waals surface area contributed by atoms with E-state index in [1.807, 2.05) is 0 Å². The fraction of sp³-hybridized carbons (Fsp3) is 0.122. The number of aliphatic hydroxyl groups excluding tert-OH is 1. The molecule has 2 aliphatic heterocycles. The summed E-state index contributed by atoms with van der Waals surface area (Å²) < 4.78 is 83.4. The predicted octanol–water partition coefficient (Wildman–Crippen LogP) is 13.2. The number of halogens is 3. The van der Waals surface area contributed by atoms with Gasteiger partial charge >= 0.3 is 35.1 Å². The van der Waals surface area contributed by atoms with Crippen LogP contribution in [0, 0.1) is 29.3 Å². The van der Waals surface area contributed by atoms with Gasteiger partial charge in [0.25, 0.3) is 0 Å². The van der Waals surface area contributed by atoms with Gasteiger partial charge in [-0.3, -0.25) is 14.4 Å². The Bertz CT molecular complexity index is 4640. The van der Waals surface area contributed by atoms with Crippen LogP contribution in [0.1, 0.15) is 90.3 Å². The zero-order valence-corrected chi connectivity index (χ0v) is 50.2. The first-order chi connectivity index (χ1) is 45.0. The number of ether oxygens (including phenoxy) is 6. The number of esters is 4. The van der Waals surface area contributed by atoms with E-state index in [2.05, 4.69) is 6.58 Å². The molecule has 0 amide bonds. The summed E-state index contributed by atoms with van der Waals surface area (Å²) in [6.45, 7) is 2.43. The number of rotatable bonds is 15. The lowest BCUT2D eigenvalue weighted by atomic mass is 9.75. The molecule has 14 rings (SSSR count). The molecular formula is C74H47F3O14S2. The molecular weight excluding hydrogens is 1230 g/mol. The third kappa shape index (κ3) is 10.4. The Kier molecular flexibility index (Phi) is 15.3. The molecule has 4 heterocycles. The average Bonchev–Trinajstić information content (AvgIpc) is 1.70. The largest absolute Gasteiger partial charge is 0.459 e. The summed E-state index contributed by atoms with van der Waals surface area (Å²) in [5.74, 6) is -12.0. The number of allylic oxidation sites excluding steroid dienone is 7. The SMILES string of the molecule is C=Cc1cc(F)cc2c1C(=O)C(=O)/C2=C\c1cc2c(s1)C1=CC3C=C4OC(C(=O)OCc5ccccc5)(C(=O)OCc5ccccc5)c5cc(/C=C6/c7cc(F)cc(F)c7C(=O)C6O)sc5C4=CC3C=C1OC2(C(=O)OCc1ccccc1)C(=O)OCc1ccccc1. The molecule has 0 spiro atoms. The Labute approximate surface area is 535 Å². The van der Waals surface area contributed by atoms with Gasteiger partial charge in [-0.25, -0.2) is 32.3 Å². The Morgan fingerprint density at radius 3 is 1.35 bits per heavy atom. The van der Waals surface area contributed by atoms with E-state index in [0.717, 1.165) is 40.9 Å². The van der Waals surface area contributed by atoms with Crippen LogP contribution < -0.4 is 0 Å². The average molecular weight is 1280 g/mol. The van der Waals surface area contributed by atoms with E-state index < -0.39 is 93.4 Å². The molecule has 93 heavy (non-hydrogen) atoms. The first kappa shape index (κ1) is 59.7. The van der Waals surface area contributed by atoms with Gasteiger partial charge in [0.1, 0.15) is 61.5 Å². The molecule has 0 saturated heterocycles. The molecule has 0 bridgehead atoms. The van der Waals surface area contributed by atoms with Crippen molar-refractivity contribution >= 4 is 104 Å². The second-order valence-electron chi connectivity index (χ2n) is 22.5. The lowest BCUT2D eigenvalue weighted by Crippen LogP contribution is -2.51. The van der Waals surface area contributed by atoms with Crippen LogP contribution in [0.4, 0.5) is 13.2 Å². The molecule has 0 fully saturated rings. The van der Waals surface area contributed by atoms with Gasteiger partial charge < -0.3 is 33.5 Å². The van der Waals surface area contributed by atoms with Gasteiger partial charge in [0.15, 0.2) is 5.78 Å². The second-order valence-corrected chi connectivity index (χ2v) is 24.7. The standard InChI is InChI=1S/C74H47F3O14S2/c1-2-43-23-46(75)28-50-52(63(78)65(80)61(43)50)31-48-33-56-67(92-48)54-24-44-27-60-55(25-45(44)26-59(54)90-73(56,69(82)86-35-39-15-7-3-8-16-39)70(83)87-36-40-17-9-4-10-18-40)68-57(34-49(93-68)32-53-51-29-47(76)30-58(77)62(51)66(81)64(53)79)74(91-60,71(84)88-37-41-19-11-5-12-20-41)72(85)89-38-42-21-13-6-14-22-42/h2-34,44-45,64,79H,1,35-38H2/b52-31-,53-32-. The highest BCUT2D eigenvalue weighted by molar-refractivity contribution is 7.15. The van der Waals surface area contributed by atoms with Crippen LogP contribution in [0.2, 0.25) is 0 Å². The Morgan fingerprint density at radius 2 is 0.925 bits per heavy atom. The highest BCUT2D eigenvalue weighted by Gasteiger charge is 2.62. The van der Waals surface area contributed by atoms with Crippen molar-refractivity contribution in [1.82, 2.24) is 0 Å². The number of ketones is 3. The minimum Gasteiger partial charge on any atom is -0.459 e. The number of fused-ring (bicyclic) bond motifs is 9. The summed E-state index contributed by atoms with van der Waals surface area (Å²) in [6, 6.07) is 41.2. The molecule has 1 N–H and O–H groups in total. The topological polar surface area (TPSA) is 195 Å². The fourth-order valence-corrected chi connectivity index (χ4v) is 14.6. The van der Waals surface area contributed by atoms with Crippen LogP contribution in [0.5, 0.6) is 0 Å². The molecule has 4 aliphatic carbocycles. The summed E-state index contributed by atoms with van der Waals surface area (Å²) in [5, 5.41) is 11.4. The quantitative estimate of drug-likeness (QED) is 0.0335. The van der Waals surface area contributed by atoms with E-state index in [1.165, 1.54) is 30.4 Å². The van der Waals surface area contributed by atoms with Gasteiger partial charge in [-0.15, -0.1) is 22.7 Å². The smallest absolute Gasteiger partial charge is 0.367 e. The highest BCUT2D eigenvalue weighted by atomic mass is 32.1. The number of hydrogen-bond acceptors (Lipinski definition) is 16. The van der Waals surface area contributed by atoms with Crippen LogP contribution in [-0.2, 0) is 90.0 Å². The first-order valence-corrected chi connectivity index (χ1v) is 30.8. The fourth-order valence-electron chi connectivity index (χ4n) is 12.3. The van der Waals surface area contributed by atoms with Crippen LogP contribution in [-0.4, -0.2) is 52.4 Å². The van der Waals surface area contributed by atoms with Crippen LogP contribution in [0.15, 0.2) is 200 Å². The number of thiophene rings is 2. The van der Waals surface area contributed by atoms with Crippen molar-refractivity contribution in [1.29, 1.82) is 0 Å². The van der Waals surface area contributed by atoms with E-state index in [9.17, 15) is 23.9 Å². The predicted molar refractivity (Wildman–Crippen MR) is 336 cm³/mol. The summed E-state index contributed by atoms with van der Waals surface area (Å²) in [7, 11) is 0. The summed E-state index contributed by atoms with van der Waals surface area (Å²) in [4.78, 5) is 103. The lowest BCUT2D eigenvalue weighted by molar-refractivity contribution is -0.191. The number of benzene rings is 6. The van der Waals surface area contributed by atoms with Crippen molar-refractivity contribution in [3.05, 3.63) is 298 Å². The molecule has 3 unspecified atom stereocenters. The molecule has 19 heteroatoms. The van der Waals surface area contributed by atoms with Crippen LogP contribution >= 0.6 is 22.7 Å². The van der Waals surface area contributed by atoms with Crippen molar-refractivity contribution in [3.63, 3.8) is 0 Å². The number of carbonyl (C=O) groups excluding carboxylic acids is 7. The van der Waals surface area contributed by atoms with E-state index >= 15 is 28.0 Å². The third-order valence-electron chi connectivity index (χ3n) is 16.7. The lowest BCUT2D eigenvalue weighted by Gasteiger charge is -2.41. The van der Waals surface area contributed by atoms with Gasteiger partial charge in [0, 0.05) is 76.4 Å². The number of aliphatic hydroxyl groups is 1. The first-order valence-electron chi connectivity index (χ1n) is 29.1. The Hall–Kier alpha value is -10.9. The minimum atomic E-state index is -2.74. The maximum absolute atomic E-state index is 15.4. The number of hydrogen-bond donors (Lipinski definition) is 1. The van der Waals surface area contributed by atoms with Crippen molar-refractivity contribution < 1.29 is 80.3 Å². The van der Waals surface area contributed by atoms with Gasteiger partial charge in [0.05, 0.1) is 5.56 Å². The molecule has 0 saturated carbocycles. The van der Waals surface area contributed by atoms with Gasteiger partial charge in [0.2, 0.25) is 11.6 Å². The van der Waals surface area contributed by atoms with E-state index in [1.54, 1.807) is 146 Å². The normalized spacial score (nSPS) is 19.1. The Balaban J connectivity index is 0.941. The van der Waals surface area contributed by atoms with E-state index in [0.29, 0.717) is 39.5 Å². The molecule has 8 aromatic rings. The Morgan fingerprint density at radius 1 is 0.516 bits per heavy atom. The minimum absolute atomic E-state index is 0.00288. The van der Waals surface area contributed by atoms with E-state index in [4.69, 9.17) is 28.4 Å². The van der Waals surface area contributed by atoms with Gasteiger partial charge in [-0.05, 0) is 93.6 Å². The van der Waals surface area contributed by atoms with Crippen LogP contribution in [0.3, 0.4) is 0 Å². The molecule has 0 radical (unpaired) electrons. The zero-order valence-electron chi connectivity index (χ0n) is 48.5. The monoisotopic (exact) mass is 1280 g/mol. The summed E-state index contributed by atoms with van der Waals surface area (Å²) >= 11 is 2.00. The zero-order chi connectivity index (χ0) is 64.4. The van der Waals surface area contributed by atoms with Gasteiger partial charge in [-0.1, -0.05) is 146 Å². The number of Topliss-reactive ketones (excluding diaryl/α,β-unsaturated/α-hetero) is 3. The molecule has 2 aromatic heterocycles. The van der Waals surface area contributed by atoms with Crippen molar-refractivity contribution in [2.45, 2.75) is 43.7 Å². The maximum atomic E-state index is 15.4. The second kappa shape index (κ2) is 23.7. The maximum Gasteiger partial charge on any atom is 0.367 e. The molecule has 3 atom stereocenters. The van der Waals surface area contributed by atoms with Crippen LogP contribution in [0.25, 0.3) is 40.5 Å². The third-order valence-corrected chi connectivity index (χ3v) is 19.0. The molecule has 460 valence electrons. The van der Waals surface area contributed by atoms with Crippen molar-refractivity contribution in [2.75, 3.05) is 0 Å². The molecule has 6 aromatic carbocycles. The highest BCUT2D eigenvalue weighted by Crippen LogP contribution is 2.57. The molecule has 14 nitrogen and oxygen atoms in total. The van der Waals surface area contributed by atoms with E-state index in [-0.39, 0.29) is 102 Å². The van der Waals surface area contributed by atoms with Crippen molar-refractivity contribution in [2.24, 2.45) is 11.8 Å². The molecule has 6 aliphatic rings. The number of carbonyl (C=O) groups is 7. The van der Waals surface area contributed by atoms with Gasteiger partial charge in [-0.2, -0.15) is 0 Å². The summed E-state index contributed by atoms with van der Waals surface area (Å²) in [5.41, 5.74) is -3.75. The van der Waals surface area contributed by atoms with Crippen molar-refractivity contribution in [3.8, 4) is 0 Å². The summed E-state index contributed by atoms with van der Waals surface area (Å²) in [6.07, 6.45) is 8.90.